The van der Waals surface area contributed by atoms with Crippen LogP contribution < -0.4 is 14.8 Å². The van der Waals surface area contributed by atoms with Crippen LogP contribution in [0.3, 0.4) is 0 Å². The normalized spacial score (nSPS) is 11.1. The predicted molar refractivity (Wildman–Crippen MR) is 130 cm³/mol. The van der Waals surface area contributed by atoms with Gasteiger partial charge in [0.05, 0.1) is 14.2 Å². The molecule has 1 N–H and O–H groups in total. The number of rotatable bonds is 13. The summed E-state index contributed by atoms with van der Waals surface area (Å²) in [4.78, 5) is 15.5. The quantitative estimate of drug-likeness (QED) is 0.365. The smallest absolute Gasteiger partial charge is 0.223 e. The van der Waals surface area contributed by atoms with E-state index in [-0.39, 0.29) is 5.91 Å². The molecule has 1 amide bonds. The molecule has 2 aromatic carbocycles. The number of methoxy groups -OCH3 is 2. The lowest BCUT2D eigenvalue weighted by Gasteiger charge is -2.17. The predicted octanol–water partition coefficient (Wildman–Crippen LogP) is 4.51. The molecule has 0 radical (unpaired) electrons. The molecule has 0 aromatic heterocycles. The van der Waals surface area contributed by atoms with Gasteiger partial charge in [0.1, 0.15) is 0 Å². The molecule has 0 aliphatic rings. The van der Waals surface area contributed by atoms with Crippen LogP contribution in [-0.2, 0) is 11.2 Å². The number of likely N-dealkylation sites (N-methyl/N-ethyl adjacent to an activating group) is 1. The third-order valence-corrected chi connectivity index (χ3v) is 5.74. The number of benzene rings is 2. The maximum absolute atomic E-state index is 12.0. The first kappa shape index (κ1) is 24.8. The molecule has 0 saturated heterocycles. The summed E-state index contributed by atoms with van der Waals surface area (Å²) in [5.74, 6) is 1.57. The second-order valence-corrected chi connectivity index (χ2v) is 8.21. The Balaban J connectivity index is 1.60. The van der Waals surface area contributed by atoms with Gasteiger partial charge in [-0.1, -0.05) is 30.4 Å². The van der Waals surface area contributed by atoms with E-state index in [1.807, 2.05) is 24.3 Å². The Kier molecular flexibility index (Phi) is 11.0. The number of amides is 1. The molecule has 0 fully saturated rings. The zero-order valence-electron chi connectivity index (χ0n) is 19.0. The molecule has 31 heavy (non-hydrogen) atoms. The zero-order valence-corrected chi connectivity index (χ0v) is 19.8. The van der Waals surface area contributed by atoms with Crippen LogP contribution in [0.15, 0.2) is 53.4 Å². The average Bonchev–Trinajstić information content (AvgIpc) is 2.80. The number of thioether (sulfide) groups is 1. The Labute approximate surface area is 190 Å². The molecule has 2 aromatic rings. The van der Waals surface area contributed by atoms with Gasteiger partial charge in [-0.2, -0.15) is 0 Å². The van der Waals surface area contributed by atoms with E-state index in [4.69, 9.17) is 9.47 Å². The molecule has 0 aliphatic heterocycles. The number of carbonyl (C=O) groups is 1. The molecule has 0 heterocycles. The Morgan fingerprint density at radius 2 is 1.81 bits per heavy atom. The lowest BCUT2D eigenvalue weighted by molar-refractivity contribution is -0.120. The lowest BCUT2D eigenvalue weighted by Crippen LogP contribution is -2.28. The van der Waals surface area contributed by atoms with E-state index in [0.29, 0.717) is 13.0 Å². The van der Waals surface area contributed by atoms with Gasteiger partial charge in [-0.15, -0.1) is 11.8 Å². The largest absolute Gasteiger partial charge is 0.493 e. The van der Waals surface area contributed by atoms with E-state index in [0.717, 1.165) is 43.0 Å². The summed E-state index contributed by atoms with van der Waals surface area (Å²) in [7, 11) is 5.40. The number of hydrogen-bond acceptors (Lipinski definition) is 5. The first-order valence-electron chi connectivity index (χ1n) is 10.5. The van der Waals surface area contributed by atoms with Gasteiger partial charge in [-0.05, 0) is 68.1 Å². The van der Waals surface area contributed by atoms with Gasteiger partial charge in [0.15, 0.2) is 11.5 Å². The van der Waals surface area contributed by atoms with Crippen LogP contribution in [0.25, 0.3) is 6.08 Å². The van der Waals surface area contributed by atoms with Gasteiger partial charge in [0.2, 0.25) is 5.91 Å². The van der Waals surface area contributed by atoms with Crippen LogP contribution in [-0.4, -0.2) is 58.0 Å². The fourth-order valence-corrected chi connectivity index (χ4v) is 3.54. The van der Waals surface area contributed by atoms with Gasteiger partial charge in [0, 0.05) is 24.4 Å². The highest BCUT2D eigenvalue weighted by atomic mass is 32.2. The van der Waals surface area contributed by atoms with Crippen molar-refractivity contribution >= 4 is 23.7 Å². The topological polar surface area (TPSA) is 50.8 Å². The van der Waals surface area contributed by atoms with Crippen LogP contribution in [0.4, 0.5) is 0 Å². The van der Waals surface area contributed by atoms with E-state index in [1.165, 1.54) is 10.5 Å². The minimum atomic E-state index is 0.0602. The summed E-state index contributed by atoms with van der Waals surface area (Å²) in [6, 6.07) is 14.4. The van der Waals surface area contributed by atoms with Crippen LogP contribution in [0, 0.1) is 0 Å². The fourth-order valence-electron chi connectivity index (χ4n) is 3.13. The third kappa shape index (κ3) is 9.07. The highest BCUT2D eigenvalue weighted by Crippen LogP contribution is 2.27. The summed E-state index contributed by atoms with van der Waals surface area (Å²) < 4.78 is 10.6. The first-order chi connectivity index (χ1) is 15.0. The third-order valence-electron chi connectivity index (χ3n) is 5.00. The molecular weight excluding hydrogens is 408 g/mol. The van der Waals surface area contributed by atoms with E-state index >= 15 is 0 Å². The minimum Gasteiger partial charge on any atom is -0.493 e. The molecule has 0 unspecified atom stereocenters. The number of nitrogens with one attached hydrogen (secondary N) is 1. The molecule has 0 aliphatic carbocycles. The Morgan fingerprint density at radius 3 is 2.48 bits per heavy atom. The van der Waals surface area contributed by atoms with Crippen molar-refractivity contribution in [1.29, 1.82) is 0 Å². The second-order valence-electron chi connectivity index (χ2n) is 7.33. The monoisotopic (exact) mass is 442 g/mol. The average molecular weight is 443 g/mol. The van der Waals surface area contributed by atoms with Crippen molar-refractivity contribution in [2.75, 3.05) is 47.2 Å². The van der Waals surface area contributed by atoms with Gasteiger partial charge >= 0.3 is 0 Å². The maximum atomic E-state index is 12.0. The molecule has 0 atom stereocenters. The molecule has 0 saturated carbocycles. The van der Waals surface area contributed by atoms with Crippen molar-refractivity contribution in [2.24, 2.45) is 0 Å². The summed E-state index contributed by atoms with van der Waals surface area (Å²) in [6.45, 7) is 2.57. The van der Waals surface area contributed by atoms with Crippen LogP contribution in [0.2, 0.25) is 0 Å². The standard InChI is InChI=1S/C25H34N2O3S/c1-27(18-15-21-11-14-23(29-2)24(19-21)30-3)17-6-16-26-25(28)8-5-7-20-9-12-22(31-4)13-10-20/h5,7,9-14,19H,6,8,15-18H2,1-4H3,(H,26,28)/b7-5+. The first-order valence-corrected chi connectivity index (χ1v) is 11.7. The summed E-state index contributed by atoms with van der Waals surface area (Å²) in [5.41, 5.74) is 2.33. The molecule has 0 bridgehead atoms. The van der Waals surface area contributed by atoms with E-state index in [9.17, 15) is 4.79 Å². The van der Waals surface area contributed by atoms with Crippen molar-refractivity contribution in [3.05, 3.63) is 59.7 Å². The highest BCUT2D eigenvalue weighted by molar-refractivity contribution is 7.98. The highest BCUT2D eigenvalue weighted by Gasteiger charge is 2.06. The summed E-state index contributed by atoms with van der Waals surface area (Å²) in [6.07, 6.45) is 8.23. The van der Waals surface area contributed by atoms with Crippen molar-refractivity contribution in [2.45, 2.75) is 24.2 Å². The van der Waals surface area contributed by atoms with E-state index in [1.54, 1.807) is 26.0 Å². The summed E-state index contributed by atoms with van der Waals surface area (Å²) >= 11 is 1.72. The molecule has 2 rings (SSSR count). The van der Waals surface area contributed by atoms with Gasteiger partial charge in [0.25, 0.3) is 0 Å². The van der Waals surface area contributed by atoms with Crippen molar-refractivity contribution in [3.8, 4) is 11.5 Å². The number of hydrogen-bond donors (Lipinski definition) is 1. The van der Waals surface area contributed by atoms with E-state index in [2.05, 4.69) is 53.9 Å². The Morgan fingerprint density at radius 1 is 1.06 bits per heavy atom. The van der Waals surface area contributed by atoms with Crippen molar-refractivity contribution < 1.29 is 14.3 Å². The zero-order chi connectivity index (χ0) is 22.5. The molecule has 6 heteroatoms. The van der Waals surface area contributed by atoms with Gasteiger partial charge in [-0.25, -0.2) is 0 Å². The van der Waals surface area contributed by atoms with Crippen LogP contribution in [0.1, 0.15) is 24.0 Å². The van der Waals surface area contributed by atoms with Gasteiger partial charge in [-0.3, -0.25) is 4.79 Å². The van der Waals surface area contributed by atoms with Crippen LogP contribution in [0.5, 0.6) is 11.5 Å². The van der Waals surface area contributed by atoms with E-state index < -0.39 is 0 Å². The second kappa shape index (κ2) is 13.8. The number of ether oxygens (including phenoxy) is 2. The van der Waals surface area contributed by atoms with Crippen molar-refractivity contribution in [3.63, 3.8) is 0 Å². The summed E-state index contributed by atoms with van der Waals surface area (Å²) in [5, 5.41) is 2.99. The van der Waals surface area contributed by atoms with Gasteiger partial charge < -0.3 is 19.7 Å². The van der Waals surface area contributed by atoms with Crippen LogP contribution >= 0.6 is 11.8 Å². The molecule has 5 nitrogen and oxygen atoms in total. The number of carbonyl (C=O) groups excluding carboxylic acids is 1. The lowest BCUT2D eigenvalue weighted by atomic mass is 10.1. The molecule has 0 spiro atoms. The minimum absolute atomic E-state index is 0.0602. The SMILES string of the molecule is COc1ccc(CCN(C)CCCNC(=O)C/C=C/c2ccc(SC)cc2)cc1OC. The Hall–Kier alpha value is -2.44. The molecular formula is C25H34N2O3S. The Bertz CT molecular complexity index is 837. The van der Waals surface area contributed by atoms with Crippen molar-refractivity contribution in [1.82, 2.24) is 10.2 Å². The fraction of sp³-hybridized carbons (Fsp3) is 0.400. The molecule has 168 valence electrons. The number of nitrogens with zero attached hydrogens (tertiary/aromatic N) is 1. The maximum Gasteiger partial charge on any atom is 0.223 e.